The standard InChI is InChI=1S/C24H29N3O5S/c1-19(21-8-7-9-22(18-21)27(29)30)25(2)24(28)15-12-20-10-13-23(14-11-20)33(31,32)26-16-5-3-4-6-17-26/h7-15,18-19H,3-6,16-17H2,1-2H3. The Bertz CT molecular complexity index is 1120. The van der Waals surface area contributed by atoms with Gasteiger partial charge in [0.2, 0.25) is 15.9 Å². The van der Waals surface area contributed by atoms with Crippen molar-refractivity contribution in [3.8, 4) is 0 Å². The van der Waals surface area contributed by atoms with Crippen molar-refractivity contribution in [3.63, 3.8) is 0 Å². The van der Waals surface area contributed by atoms with Crippen LogP contribution in [0.1, 0.15) is 49.8 Å². The van der Waals surface area contributed by atoms with Crippen molar-refractivity contribution in [2.75, 3.05) is 20.1 Å². The predicted octanol–water partition coefficient (Wildman–Crippen LogP) is 4.39. The van der Waals surface area contributed by atoms with Crippen molar-refractivity contribution in [1.82, 2.24) is 9.21 Å². The Morgan fingerprint density at radius 2 is 1.73 bits per heavy atom. The summed E-state index contributed by atoms with van der Waals surface area (Å²) in [6.45, 7) is 2.90. The molecule has 0 spiro atoms. The van der Waals surface area contributed by atoms with Crippen molar-refractivity contribution in [1.29, 1.82) is 0 Å². The van der Waals surface area contributed by atoms with Gasteiger partial charge in [-0.3, -0.25) is 14.9 Å². The number of nitro groups is 1. The zero-order valence-electron chi connectivity index (χ0n) is 18.9. The summed E-state index contributed by atoms with van der Waals surface area (Å²) in [7, 11) is -1.88. The summed E-state index contributed by atoms with van der Waals surface area (Å²) in [4.78, 5) is 24.9. The van der Waals surface area contributed by atoms with Gasteiger partial charge >= 0.3 is 0 Å². The van der Waals surface area contributed by atoms with Gasteiger partial charge in [0.25, 0.3) is 5.69 Å². The fourth-order valence-electron chi connectivity index (χ4n) is 3.78. The summed E-state index contributed by atoms with van der Waals surface area (Å²) in [6.07, 6.45) is 6.90. The maximum atomic E-state index is 12.9. The van der Waals surface area contributed by atoms with Crippen LogP contribution in [0.25, 0.3) is 6.08 Å². The van der Waals surface area contributed by atoms with Crippen molar-refractivity contribution < 1.29 is 18.1 Å². The molecule has 1 unspecified atom stereocenters. The second-order valence-electron chi connectivity index (χ2n) is 8.20. The lowest BCUT2D eigenvalue weighted by atomic mass is 10.1. The average molecular weight is 472 g/mol. The van der Waals surface area contributed by atoms with E-state index in [9.17, 15) is 23.3 Å². The summed E-state index contributed by atoms with van der Waals surface area (Å²) < 4.78 is 27.3. The van der Waals surface area contributed by atoms with Crippen LogP contribution in [0.4, 0.5) is 5.69 Å². The maximum absolute atomic E-state index is 12.9. The molecular formula is C24H29N3O5S. The first-order chi connectivity index (χ1) is 15.7. The number of carbonyl (C=O) groups excluding carboxylic acids is 1. The summed E-state index contributed by atoms with van der Waals surface area (Å²) in [6, 6.07) is 12.4. The lowest BCUT2D eigenvalue weighted by Gasteiger charge is -2.24. The minimum Gasteiger partial charge on any atom is -0.335 e. The third-order valence-electron chi connectivity index (χ3n) is 5.99. The molecule has 1 heterocycles. The van der Waals surface area contributed by atoms with E-state index in [-0.39, 0.29) is 22.5 Å². The third-order valence-corrected chi connectivity index (χ3v) is 7.91. The highest BCUT2D eigenvalue weighted by Gasteiger charge is 2.25. The SMILES string of the molecule is CC(c1cccc([N+](=O)[O-])c1)N(C)C(=O)C=Cc1ccc(S(=O)(=O)N2CCCCCC2)cc1. The van der Waals surface area contributed by atoms with Crippen LogP contribution in [0.2, 0.25) is 0 Å². The number of sulfonamides is 1. The van der Waals surface area contributed by atoms with E-state index in [0.717, 1.165) is 25.7 Å². The smallest absolute Gasteiger partial charge is 0.269 e. The number of hydrogen-bond donors (Lipinski definition) is 0. The van der Waals surface area contributed by atoms with Gasteiger partial charge in [-0.1, -0.05) is 37.1 Å². The Hall–Kier alpha value is -3.04. The van der Waals surface area contributed by atoms with Crippen molar-refractivity contribution in [2.45, 2.75) is 43.5 Å². The molecule has 176 valence electrons. The molecule has 3 rings (SSSR count). The number of rotatable bonds is 7. The first kappa shape index (κ1) is 24.6. The van der Waals surface area contributed by atoms with Crippen molar-refractivity contribution >= 4 is 27.7 Å². The quantitative estimate of drug-likeness (QED) is 0.339. The first-order valence-corrected chi connectivity index (χ1v) is 12.4. The van der Waals surface area contributed by atoms with Crippen LogP contribution in [0.5, 0.6) is 0 Å². The molecular weight excluding hydrogens is 442 g/mol. The van der Waals surface area contributed by atoms with Crippen molar-refractivity contribution in [3.05, 3.63) is 75.8 Å². The fraction of sp³-hybridized carbons (Fsp3) is 0.375. The van der Waals surface area contributed by atoms with Crippen LogP contribution in [0, 0.1) is 10.1 Å². The van der Waals surface area contributed by atoms with E-state index in [0.29, 0.717) is 24.2 Å². The van der Waals surface area contributed by atoms with Gasteiger partial charge in [0.15, 0.2) is 0 Å². The van der Waals surface area contributed by atoms with Gasteiger partial charge in [0.1, 0.15) is 0 Å². The van der Waals surface area contributed by atoms with E-state index in [1.807, 2.05) is 0 Å². The van der Waals surface area contributed by atoms with Crippen molar-refractivity contribution in [2.24, 2.45) is 0 Å². The van der Waals surface area contributed by atoms with Gasteiger partial charge in [-0.25, -0.2) is 8.42 Å². The molecule has 33 heavy (non-hydrogen) atoms. The molecule has 0 radical (unpaired) electrons. The van der Waals surface area contributed by atoms with Crippen LogP contribution >= 0.6 is 0 Å². The molecule has 2 aromatic rings. The number of non-ortho nitro benzene ring substituents is 1. The second-order valence-corrected chi connectivity index (χ2v) is 10.1. The highest BCUT2D eigenvalue weighted by molar-refractivity contribution is 7.89. The highest BCUT2D eigenvalue weighted by Crippen LogP contribution is 2.24. The number of nitro benzene ring substituents is 1. The minimum atomic E-state index is -3.51. The topological polar surface area (TPSA) is 101 Å². The number of hydrogen-bond acceptors (Lipinski definition) is 5. The van der Waals surface area contributed by atoms with Gasteiger partial charge in [0, 0.05) is 38.3 Å². The highest BCUT2D eigenvalue weighted by atomic mass is 32.2. The molecule has 1 amide bonds. The molecule has 8 nitrogen and oxygen atoms in total. The lowest BCUT2D eigenvalue weighted by molar-refractivity contribution is -0.384. The van der Waals surface area contributed by atoms with Crippen LogP contribution in [-0.2, 0) is 14.8 Å². The minimum absolute atomic E-state index is 0.0223. The zero-order chi connectivity index (χ0) is 24.0. The lowest BCUT2D eigenvalue weighted by Crippen LogP contribution is -2.31. The van der Waals surface area contributed by atoms with Gasteiger partial charge < -0.3 is 4.90 Å². The van der Waals surface area contributed by atoms with E-state index in [4.69, 9.17) is 0 Å². The first-order valence-electron chi connectivity index (χ1n) is 11.0. The average Bonchev–Trinajstić information content (AvgIpc) is 3.12. The Kier molecular flexibility index (Phi) is 7.99. The van der Waals surface area contributed by atoms with E-state index < -0.39 is 14.9 Å². The number of carbonyl (C=O) groups is 1. The summed E-state index contributed by atoms with van der Waals surface area (Å²) in [5, 5.41) is 11.0. The van der Waals surface area contributed by atoms with Gasteiger partial charge in [-0.15, -0.1) is 0 Å². The molecule has 9 heteroatoms. The molecule has 0 N–H and O–H groups in total. The number of amides is 1. The normalized spacial score (nSPS) is 16.3. The Morgan fingerprint density at radius 3 is 2.33 bits per heavy atom. The summed E-state index contributed by atoms with van der Waals surface area (Å²) in [5.74, 6) is -0.268. The number of nitrogens with zero attached hydrogens (tertiary/aromatic N) is 3. The van der Waals surface area contributed by atoms with E-state index in [1.165, 1.54) is 23.1 Å². The van der Waals surface area contributed by atoms with Crippen LogP contribution in [0.15, 0.2) is 59.5 Å². The second kappa shape index (κ2) is 10.7. The summed E-state index contributed by atoms with van der Waals surface area (Å²) >= 11 is 0. The largest absolute Gasteiger partial charge is 0.335 e. The molecule has 0 aromatic heterocycles. The van der Waals surface area contributed by atoms with Crippen LogP contribution in [0.3, 0.4) is 0 Å². The molecule has 1 atom stereocenters. The monoisotopic (exact) mass is 471 g/mol. The molecule has 0 aliphatic carbocycles. The molecule has 1 saturated heterocycles. The fourth-order valence-corrected chi connectivity index (χ4v) is 5.30. The van der Waals surface area contributed by atoms with E-state index >= 15 is 0 Å². The third kappa shape index (κ3) is 6.06. The van der Waals surface area contributed by atoms with Gasteiger partial charge in [0.05, 0.1) is 15.9 Å². The van der Waals surface area contributed by atoms with Crippen LogP contribution < -0.4 is 0 Å². The maximum Gasteiger partial charge on any atom is 0.269 e. The molecule has 1 fully saturated rings. The van der Waals surface area contributed by atoms with E-state index in [2.05, 4.69) is 0 Å². The van der Waals surface area contributed by atoms with E-state index in [1.54, 1.807) is 60.8 Å². The Morgan fingerprint density at radius 1 is 1.09 bits per heavy atom. The zero-order valence-corrected chi connectivity index (χ0v) is 19.7. The summed E-state index contributed by atoms with van der Waals surface area (Å²) in [5.41, 5.74) is 1.34. The molecule has 1 aliphatic heterocycles. The number of likely N-dealkylation sites (N-methyl/N-ethyl adjacent to an activating group) is 1. The van der Waals surface area contributed by atoms with Gasteiger partial charge in [-0.2, -0.15) is 4.31 Å². The molecule has 0 saturated carbocycles. The number of benzene rings is 2. The molecule has 2 aromatic carbocycles. The van der Waals surface area contributed by atoms with Gasteiger partial charge in [-0.05, 0) is 49.1 Å². The Balaban J connectivity index is 1.67. The Labute approximate surface area is 194 Å². The predicted molar refractivity (Wildman–Crippen MR) is 127 cm³/mol. The molecule has 0 bridgehead atoms. The molecule has 1 aliphatic rings. The van der Waals surface area contributed by atoms with Crippen LogP contribution in [-0.4, -0.2) is 48.6 Å².